The Hall–Kier alpha value is -1.55. The quantitative estimate of drug-likeness (QED) is 0.857. The van der Waals surface area contributed by atoms with Gasteiger partial charge < -0.3 is 15.4 Å². The van der Waals surface area contributed by atoms with E-state index in [4.69, 9.17) is 4.74 Å². The highest BCUT2D eigenvalue weighted by molar-refractivity contribution is 5.94. The van der Waals surface area contributed by atoms with E-state index in [0.717, 1.165) is 55.2 Å². The van der Waals surface area contributed by atoms with Crippen LogP contribution in [0.2, 0.25) is 0 Å². The minimum atomic E-state index is 0.0534. The number of amides is 1. The third-order valence-electron chi connectivity index (χ3n) is 4.82. The Bertz CT molecular complexity index is 543. The van der Waals surface area contributed by atoms with E-state index in [9.17, 15) is 4.79 Å². The Labute approximate surface area is 118 Å². The minimum absolute atomic E-state index is 0.0534. The van der Waals surface area contributed by atoms with Crippen molar-refractivity contribution in [2.75, 3.05) is 13.2 Å². The standard InChI is InChI=1S/C16H20N2O2/c19-16(18-14-7-10-6-13(14)17-9-10)12-3-4-15-11(8-12)2-1-5-20-15/h3-4,8,10,13-14,17H,1-2,5-7,9H2,(H,18,19). The first-order chi connectivity index (χ1) is 9.79. The lowest BCUT2D eigenvalue weighted by atomic mass is 10.0. The van der Waals surface area contributed by atoms with Gasteiger partial charge in [0.05, 0.1) is 6.61 Å². The Morgan fingerprint density at radius 2 is 2.30 bits per heavy atom. The van der Waals surface area contributed by atoms with Gasteiger partial charge in [-0.2, -0.15) is 0 Å². The van der Waals surface area contributed by atoms with Gasteiger partial charge in [0.25, 0.3) is 5.91 Å². The lowest BCUT2D eigenvalue weighted by Crippen LogP contribution is -2.47. The number of fused-ring (bicyclic) bond motifs is 3. The van der Waals surface area contributed by atoms with E-state index in [1.165, 1.54) is 6.42 Å². The third kappa shape index (κ3) is 2.08. The predicted octanol–water partition coefficient (Wildman–Crippen LogP) is 1.49. The molecule has 2 heterocycles. The van der Waals surface area contributed by atoms with E-state index < -0.39 is 0 Å². The van der Waals surface area contributed by atoms with E-state index in [1.807, 2.05) is 18.2 Å². The summed E-state index contributed by atoms with van der Waals surface area (Å²) < 4.78 is 5.59. The van der Waals surface area contributed by atoms with Gasteiger partial charge in [0.15, 0.2) is 0 Å². The first-order valence-electron chi connectivity index (χ1n) is 7.59. The van der Waals surface area contributed by atoms with Gasteiger partial charge in [-0.15, -0.1) is 0 Å². The molecule has 2 fully saturated rings. The Morgan fingerprint density at radius 1 is 1.35 bits per heavy atom. The zero-order valence-corrected chi connectivity index (χ0v) is 11.5. The molecule has 2 bridgehead atoms. The van der Waals surface area contributed by atoms with Crippen molar-refractivity contribution in [1.82, 2.24) is 10.6 Å². The van der Waals surface area contributed by atoms with Crippen LogP contribution in [0.4, 0.5) is 0 Å². The van der Waals surface area contributed by atoms with E-state index in [0.29, 0.717) is 12.1 Å². The van der Waals surface area contributed by atoms with Crippen LogP contribution in [0.3, 0.4) is 0 Å². The molecule has 1 aliphatic carbocycles. The SMILES string of the molecule is O=C(NC1CC2CNC1C2)c1ccc2c(c1)CCCO2. The van der Waals surface area contributed by atoms with Crippen LogP contribution in [0.25, 0.3) is 0 Å². The van der Waals surface area contributed by atoms with Crippen molar-refractivity contribution in [3.05, 3.63) is 29.3 Å². The van der Waals surface area contributed by atoms with Crippen LogP contribution in [0.1, 0.15) is 35.2 Å². The molecule has 2 N–H and O–H groups in total. The maximum atomic E-state index is 12.4. The van der Waals surface area contributed by atoms with Gasteiger partial charge in [-0.1, -0.05) is 0 Å². The molecule has 3 atom stereocenters. The summed E-state index contributed by atoms with van der Waals surface area (Å²) in [7, 11) is 0. The Morgan fingerprint density at radius 3 is 3.10 bits per heavy atom. The third-order valence-corrected chi connectivity index (χ3v) is 4.82. The first-order valence-corrected chi connectivity index (χ1v) is 7.59. The summed E-state index contributed by atoms with van der Waals surface area (Å²) in [5, 5.41) is 6.67. The highest BCUT2D eigenvalue weighted by Gasteiger charge is 2.40. The van der Waals surface area contributed by atoms with Crippen molar-refractivity contribution in [2.45, 2.75) is 37.8 Å². The zero-order chi connectivity index (χ0) is 13.5. The number of aryl methyl sites for hydroxylation is 1. The van der Waals surface area contributed by atoms with Gasteiger partial charge >= 0.3 is 0 Å². The van der Waals surface area contributed by atoms with Crippen LogP contribution >= 0.6 is 0 Å². The first kappa shape index (κ1) is 12.2. The number of rotatable bonds is 2. The number of ether oxygens (including phenoxy) is 1. The van der Waals surface area contributed by atoms with Crippen molar-refractivity contribution in [3.63, 3.8) is 0 Å². The van der Waals surface area contributed by atoms with Crippen molar-refractivity contribution in [1.29, 1.82) is 0 Å². The molecule has 1 aromatic rings. The predicted molar refractivity (Wildman–Crippen MR) is 76.0 cm³/mol. The molecule has 4 nitrogen and oxygen atoms in total. The second-order valence-corrected chi connectivity index (χ2v) is 6.21. The summed E-state index contributed by atoms with van der Waals surface area (Å²) in [4.78, 5) is 12.4. The molecule has 0 spiro atoms. The summed E-state index contributed by atoms with van der Waals surface area (Å²) >= 11 is 0. The lowest BCUT2D eigenvalue weighted by Gasteiger charge is -2.24. The summed E-state index contributed by atoms with van der Waals surface area (Å²) in [5.41, 5.74) is 1.92. The number of nitrogens with one attached hydrogen (secondary N) is 2. The van der Waals surface area contributed by atoms with Gasteiger partial charge in [0.2, 0.25) is 0 Å². The monoisotopic (exact) mass is 272 g/mol. The second-order valence-electron chi connectivity index (χ2n) is 6.21. The second kappa shape index (κ2) is 4.77. The van der Waals surface area contributed by atoms with Gasteiger partial charge in [0.1, 0.15) is 5.75 Å². The molecule has 3 aliphatic rings. The molecule has 3 unspecified atom stereocenters. The van der Waals surface area contributed by atoms with E-state index in [2.05, 4.69) is 10.6 Å². The molecular formula is C16H20N2O2. The van der Waals surface area contributed by atoms with Gasteiger partial charge in [0, 0.05) is 17.6 Å². The molecule has 1 saturated heterocycles. The molecule has 0 radical (unpaired) electrons. The summed E-state index contributed by atoms with van der Waals surface area (Å²) in [6.45, 7) is 1.91. The molecule has 2 aliphatic heterocycles. The minimum Gasteiger partial charge on any atom is -0.493 e. The smallest absolute Gasteiger partial charge is 0.251 e. The highest BCUT2D eigenvalue weighted by Crippen LogP contribution is 2.31. The molecule has 0 aromatic heterocycles. The fourth-order valence-corrected chi connectivity index (χ4v) is 3.77. The van der Waals surface area contributed by atoms with Gasteiger partial charge in [-0.25, -0.2) is 0 Å². The summed E-state index contributed by atoms with van der Waals surface area (Å²) in [6, 6.07) is 6.57. The van der Waals surface area contributed by atoms with Crippen LogP contribution in [-0.2, 0) is 6.42 Å². The topological polar surface area (TPSA) is 50.4 Å². The molecule has 1 saturated carbocycles. The number of benzene rings is 1. The van der Waals surface area contributed by atoms with Crippen LogP contribution in [0.15, 0.2) is 18.2 Å². The van der Waals surface area contributed by atoms with Crippen molar-refractivity contribution < 1.29 is 9.53 Å². The average molecular weight is 272 g/mol. The molecule has 1 amide bonds. The normalized spacial score (nSPS) is 30.7. The fourth-order valence-electron chi connectivity index (χ4n) is 3.77. The van der Waals surface area contributed by atoms with Crippen LogP contribution in [-0.4, -0.2) is 31.1 Å². The van der Waals surface area contributed by atoms with Crippen molar-refractivity contribution >= 4 is 5.91 Å². The maximum absolute atomic E-state index is 12.4. The zero-order valence-electron chi connectivity index (χ0n) is 11.5. The fraction of sp³-hybridized carbons (Fsp3) is 0.562. The Balaban J connectivity index is 1.48. The summed E-state index contributed by atoms with van der Waals surface area (Å²) in [6.07, 6.45) is 4.38. The highest BCUT2D eigenvalue weighted by atomic mass is 16.5. The van der Waals surface area contributed by atoms with E-state index in [-0.39, 0.29) is 5.91 Å². The maximum Gasteiger partial charge on any atom is 0.251 e. The van der Waals surface area contributed by atoms with Gasteiger partial charge in [-0.05, 0) is 61.9 Å². The van der Waals surface area contributed by atoms with Crippen molar-refractivity contribution in [3.8, 4) is 5.75 Å². The molecule has 4 heteroatoms. The van der Waals surface area contributed by atoms with E-state index in [1.54, 1.807) is 0 Å². The van der Waals surface area contributed by atoms with Crippen LogP contribution < -0.4 is 15.4 Å². The lowest BCUT2D eigenvalue weighted by molar-refractivity contribution is 0.0928. The molecule has 4 rings (SSSR count). The average Bonchev–Trinajstić information content (AvgIpc) is 3.09. The molecule has 1 aromatic carbocycles. The number of piperidine rings is 1. The molecular weight excluding hydrogens is 252 g/mol. The number of hydrogen-bond donors (Lipinski definition) is 2. The number of carbonyl (C=O) groups is 1. The van der Waals surface area contributed by atoms with Crippen LogP contribution in [0, 0.1) is 5.92 Å². The Kier molecular flexibility index (Phi) is 2.91. The van der Waals surface area contributed by atoms with Crippen LogP contribution in [0.5, 0.6) is 5.75 Å². The largest absolute Gasteiger partial charge is 0.493 e. The number of carbonyl (C=O) groups excluding carboxylic acids is 1. The summed E-state index contributed by atoms with van der Waals surface area (Å²) in [5.74, 6) is 1.74. The van der Waals surface area contributed by atoms with E-state index >= 15 is 0 Å². The van der Waals surface area contributed by atoms with Gasteiger partial charge in [-0.3, -0.25) is 4.79 Å². The molecule has 106 valence electrons. The number of hydrogen-bond acceptors (Lipinski definition) is 3. The van der Waals surface area contributed by atoms with Crippen molar-refractivity contribution in [2.24, 2.45) is 5.92 Å². The molecule has 20 heavy (non-hydrogen) atoms.